The Morgan fingerprint density at radius 1 is 1.03 bits per heavy atom. The van der Waals surface area contributed by atoms with Gasteiger partial charge in [0.25, 0.3) is 5.91 Å². The zero-order chi connectivity index (χ0) is 25.8. The number of alkyl halides is 1. The summed E-state index contributed by atoms with van der Waals surface area (Å²) in [4.78, 5) is 26.9. The molecule has 0 aliphatic heterocycles. The van der Waals surface area contributed by atoms with Crippen LogP contribution in [0.5, 0.6) is 17.2 Å². The molecule has 1 amide bonds. The number of halogens is 1. The Balaban J connectivity index is 1.90. The SMILES string of the molecule is COc1cc2c(c(OC)c1OC)-c1ccc(SC)c(=O)cc1[C@@H](NC(=O)c1ccc(CCl)cc1)CC2. The van der Waals surface area contributed by atoms with E-state index in [1.807, 2.05) is 36.6 Å². The highest BCUT2D eigenvalue weighted by Crippen LogP contribution is 2.50. The molecule has 188 valence electrons. The van der Waals surface area contributed by atoms with Gasteiger partial charge in [-0.2, -0.15) is 0 Å². The van der Waals surface area contributed by atoms with Crippen LogP contribution in [0.15, 0.2) is 58.2 Å². The van der Waals surface area contributed by atoms with E-state index >= 15 is 0 Å². The van der Waals surface area contributed by atoms with Crippen LogP contribution in [0, 0.1) is 0 Å². The lowest BCUT2D eigenvalue weighted by Gasteiger charge is -2.20. The zero-order valence-electron chi connectivity index (χ0n) is 20.6. The highest BCUT2D eigenvalue weighted by atomic mass is 35.5. The normalized spacial score (nSPS) is 14.2. The highest BCUT2D eigenvalue weighted by molar-refractivity contribution is 7.98. The Kier molecular flexibility index (Phi) is 8.11. The van der Waals surface area contributed by atoms with Gasteiger partial charge in [0.05, 0.1) is 32.3 Å². The molecular formula is C28H28ClNO5S. The van der Waals surface area contributed by atoms with E-state index in [0.717, 1.165) is 27.8 Å². The minimum Gasteiger partial charge on any atom is -0.493 e. The number of hydrogen-bond donors (Lipinski definition) is 1. The van der Waals surface area contributed by atoms with Crippen molar-refractivity contribution in [3.63, 3.8) is 0 Å². The van der Waals surface area contributed by atoms with Crippen LogP contribution in [0.25, 0.3) is 11.1 Å². The summed E-state index contributed by atoms with van der Waals surface area (Å²) < 4.78 is 17.1. The van der Waals surface area contributed by atoms with E-state index in [1.165, 1.54) is 11.8 Å². The second kappa shape index (κ2) is 11.3. The predicted molar refractivity (Wildman–Crippen MR) is 144 cm³/mol. The van der Waals surface area contributed by atoms with Crippen molar-refractivity contribution in [3.8, 4) is 28.4 Å². The molecule has 1 aliphatic carbocycles. The number of rotatable bonds is 7. The predicted octanol–water partition coefficient (Wildman–Crippen LogP) is 5.62. The summed E-state index contributed by atoms with van der Waals surface area (Å²) in [6.07, 6.45) is 3.08. The van der Waals surface area contributed by atoms with E-state index < -0.39 is 6.04 Å². The summed E-state index contributed by atoms with van der Waals surface area (Å²) in [7, 11) is 4.73. The summed E-state index contributed by atoms with van der Waals surface area (Å²) in [6.45, 7) is 0. The van der Waals surface area contributed by atoms with Gasteiger partial charge < -0.3 is 19.5 Å². The van der Waals surface area contributed by atoms with Crippen molar-refractivity contribution in [2.24, 2.45) is 0 Å². The first-order valence-electron chi connectivity index (χ1n) is 11.5. The minimum atomic E-state index is -0.399. The van der Waals surface area contributed by atoms with Gasteiger partial charge in [0.1, 0.15) is 0 Å². The van der Waals surface area contributed by atoms with E-state index in [2.05, 4.69) is 5.32 Å². The Morgan fingerprint density at radius 2 is 1.75 bits per heavy atom. The fourth-order valence-electron chi connectivity index (χ4n) is 4.60. The van der Waals surface area contributed by atoms with Crippen molar-refractivity contribution in [1.82, 2.24) is 5.32 Å². The number of hydrogen-bond acceptors (Lipinski definition) is 6. The molecule has 36 heavy (non-hydrogen) atoms. The van der Waals surface area contributed by atoms with Gasteiger partial charge in [-0.3, -0.25) is 9.59 Å². The Hall–Kier alpha value is -3.16. The van der Waals surface area contributed by atoms with Gasteiger partial charge in [0, 0.05) is 17.0 Å². The quantitative estimate of drug-likeness (QED) is 0.319. The number of carbonyl (C=O) groups excluding carboxylic acids is 1. The summed E-state index contributed by atoms with van der Waals surface area (Å²) in [6, 6.07) is 14.1. The van der Waals surface area contributed by atoms with Gasteiger partial charge in [0.15, 0.2) is 16.9 Å². The number of ether oxygens (including phenoxy) is 3. The van der Waals surface area contributed by atoms with Crippen LogP contribution < -0.4 is 25.0 Å². The summed E-state index contributed by atoms with van der Waals surface area (Å²) in [5.41, 5.74) is 4.72. The molecule has 4 rings (SSSR count). The number of aryl methyl sites for hydroxylation is 1. The molecular weight excluding hydrogens is 498 g/mol. The largest absolute Gasteiger partial charge is 0.493 e. The standard InChI is InChI=1S/C28H28ClNO5S/c1-33-23-13-18-9-11-21(30-28(32)17-7-5-16(15-29)6-8-17)20-14-22(31)24(36-4)12-10-19(20)25(18)27(35-3)26(23)34-2/h5-8,10,12-14,21H,9,11,15H2,1-4H3,(H,30,32)/t21-/m0/s1. The number of nitrogens with one attached hydrogen (secondary N) is 1. The third-order valence-corrected chi connectivity index (χ3v) is 7.48. The van der Waals surface area contributed by atoms with Gasteiger partial charge in [-0.05, 0) is 71.7 Å². The second-order valence-corrected chi connectivity index (χ2v) is 9.47. The van der Waals surface area contributed by atoms with E-state index in [-0.39, 0.29) is 11.3 Å². The van der Waals surface area contributed by atoms with Crippen molar-refractivity contribution in [3.05, 3.63) is 81.0 Å². The van der Waals surface area contributed by atoms with Crippen LogP contribution in [0.4, 0.5) is 0 Å². The Bertz CT molecular complexity index is 1340. The first kappa shape index (κ1) is 25.9. The Morgan fingerprint density at radius 3 is 2.36 bits per heavy atom. The maximum atomic E-state index is 13.2. The van der Waals surface area contributed by atoms with Crippen molar-refractivity contribution in [1.29, 1.82) is 0 Å². The second-order valence-electron chi connectivity index (χ2n) is 8.35. The van der Waals surface area contributed by atoms with Gasteiger partial charge in [-0.15, -0.1) is 23.4 Å². The molecule has 6 nitrogen and oxygen atoms in total. The van der Waals surface area contributed by atoms with Crippen LogP contribution in [-0.2, 0) is 12.3 Å². The fraction of sp³-hybridized carbons (Fsp3) is 0.286. The number of amides is 1. The molecule has 0 saturated carbocycles. The molecule has 3 aromatic carbocycles. The molecule has 3 aromatic rings. The van der Waals surface area contributed by atoms with Crippen LogP contribution >= 0.6 is 23.4 Å². The third kappa shape index (κ3) is 4.90. The van der Waals surface area contributed by atoms with Crippen LogP contribution in [0.3, 0.4) is 0 Å². The van der Waals surface area contributed by atoms with Crippen molar-refractivity contribution in [2.45, 2.75) is 29.7 Å². The van der Waals surface area contributed by atoms with Crippen molar-refractivity contribution in [2.75, 3.05) is 27.6 Å². The number of thioether (sulfide) groups is 1. The molecule has 1 atom stereocenters. The monoisotopic (exact) mass is 525 g/mol. The smallest absolute Gasteiger partial charge is 0.251 e. The van der Waals surface area contributed by atoms with E-state index in [4.69, 9.17) is 25.8 Å². The average Bonchev–Trinajstić information content (AvgIpc) is 3.15. The molecule has 1 N–H and O–H groups in total. The number of methoxy groups -OCH3 is 3. The number of carbonyl (C=O) groups is 1. The number of benzene rings is 2. The molecule has 0 unspecified atom stereocenters. The van der Waals surface area contributed by atoms with Crippen LogP contribution in [0.2, 0.25) is 0 Å². The van der Waals surface area contributed by atoms with Gasteiger partial charge in [-0.25, -0.2) is 0 Å². The van der Waals surface area contributed by atoms with Gasteiger partial charge in [0.2, 0.25) is 5.75 Å². The van der Waals surface area contributed by atoms with Crippen LogP contribution in [0.1, 0.15) is 39.5 Å². The molecule has 0 fully saturated rings. The van der Waals surface area contributed by atoms with E-state index in [9.17, 15) is 9.59 Å². The highest BCUT2D eigenvalue weighted by Gasteiger charge is 2.30. The van der Waals surface area contributed by atoms with E-state index in [0.29, 0.717) is 46.4 Å². The first-order valence-corrected chi connectivity index (χ1v) is 13.2. The van der Waals surface area contributed by atoms with Crippen molar-refractivity contribution >= 4 is 29.3 Å². The molecule has 0 spiro atoms. The molecule has 1 aliphatic rings. The average molecular weight is 526 g/mol. The molecule has 8 heteroatoms. The van der Waals surface area contributed by atoms with Crippen LogP contribution in [-0.4, -0.2) is 33.5 Å². The molecule has 0 aromatic heterocycles. The summed E-state index contributed by atoms with van der Waals surface area (Å²) in [5.74, 6) is 1.73. The maximum absolute atomic E-state index is 13.2. The lowest BCUT2D eigenvalue weighted by molar-refractivity contribution is 0.0935. The summed E-state index contributed by atoms with van der Waals surface area (Å²) >= 11 is 7.28. The fourth-order valence-corrected chi connectivity index (χ4v) is 5.25. The van der Waals surface area contributed by atoms with E-state index in [1.54, 1.807) is 39.5 Å². The van der Waals surface area contributed by atoms with Crippen molar-refractivity contribution < 1.29 is 19.0 Å². The lowest BCUT2D eigenvalue weighted by Crippen LogP contribution is -2.29. The topological polar surface area (TPSA) is 73.9 Å². The third-order valence-electron chi connectivity index (χ3n) is 6.40. The molecule has 0 radical (unpaired) electrons. The summed E-state index contributed by atoms with van der Waals surface area (Å²) in [5, 5.41) is 3.16. The Labute approximate surface area is 219 Å². The minimum absolute atomic E-state index is 0.0997. The molecule has 0 bridgehead atoms. The lowest BCUT2D eigenvalue weighted by atomic mass is 9.95. The maximum Gasteiger partial charge on any atom is 0.251 e. The zero-order valence-corrected chi connectivity index (χ0v) is 22.2. The molecule has 0 saturated heterocycles. The van der Waals surface area contributed by atoms with Gasteiger partial charge in [-0.1, -0.05) is 18.2 Å². The first-order chi connectivity index (χ1) is 17.4. The number of fused-ring (bicyclic) bond motifs is 3. The molecule has 0 heterocycles. The van der Waals surface area contributed by atoms with Gasteiger partial charge >= 0.3 is 0 Å².